The molecule has 6 heteroatoms. The largest absolute Gasteiger partial charge is 0.493 e. The molecule has 1 aliphatic rings. The standard InChI is InChI=1S/C21H22N2O4/c1-3-26-17-10-6-4-8-15(17)12-13-20(24)23-14-19(21(25)22-2)27-18-11-7-5-9-16(18)23/h4-13,19H,3,14H2,1-2H3,(H,22,25)/b13-12+/t19-/m0/s1. The van der Waals surface area contributed by atoms with Gasteiger partial charge in [-0.05, 0) is 31.2 Å². The molecule has 0 unspecified atom stereocenters. The minimum absolute atomic E-state index is 0.146. The van der Waals surface area contributed by atoms with Crippen molar-refractivity contribution >= 4 is 23.6 Å². The molecule has 1 heterocycles. The van der Waals surface area contributed by atoms with Gasteiger partial charge in [-0.15, -0.1) is 0 Å². The summed E-state index contributed by atoms with van der Waals surface area (Å²) in [6.45, 7) is 2.60. The fourth-order valence-electron chi connectivity index (χ4n) is 2.90. The third-order valence-corrected chi connectivity index (χ3v) is 4.20. The van der Waals surface area contributed by atoms with Crippen LogP contribution in [0.3, 0.4) is 0 Å². The Morgan fingerprint density at radius 2 is 1.96 bits per heavy atom. The van der Waals surface area contributed by atoms with Gasteiger partial charge in [0.1, 0.15) is 11.5 Å². The van der Waals surface area contributed by atoms with Crippen molar-refractivity contribution in [2.75, 3.05) is 25.1 Å². The minimum atomic E-state index is -0.752. The van der Waals surface area contributed by atoms with Crippen LogP contribution >= 0.6 is 0 Å². The number of ether oxygens (including phenoxy) is 2. The number of carbonyl (C=O) groups excluding carboxylic acids is 2. The lowest BCUT2D eigenvalue weighted by Crippen LogP contribution is -2.49. The van der Waals surface area contributed by atoms with Crippen molar-refractivity contribution < 1.29 is 19.1 Å². The van der Waals surface area contributed by atoms with E-state index in [-0.39, 0.29) is 18.4 Å². The van der Waals surface area contributed by atoms with E-state index in [0.717, 1.165) is 11.3 Å². The molecule has 0 aliphatic carbocycles. The topological polar surface area (TPSA) is 67.9 Å². The van der Waals surface area contributed by atoms with E-state index in [1.54, 1.807) is 30.2 Å². The van der Waals surface area contributed by atoms with E-state index in [9.17, 15) is 9.59 Å². The number of amides is 2. The van der Waals surface area contributed by atoms with Crippen molar-refractivity contribution in [3.8, 4) is 11.5 Å². The molecule has 2 aromatic rings. The molecular formula is C21H22N2O4. The average Bonchev–Trinajstić information content (AvgIpc) is 2.71. The van der Waals surface area contributed by atoms with Crippen LogP contribution in [0, 0.1) is 0 Å². The Morgan fingerprint density at radius 1 is 1.22 bits per heavy atom. The summed E-state index contributed by atoms with van der Waals surface area (Å²) >= 11 is 0. The second-order valence-electron chi connectivity index (χ2n) is 5.94. The average molecular weight is 366 g/mol. The van der Waals surface area contributed by atoms with Gasteiger partial charge in [-0.1, -0.05) is 30.3 Å². The quantitative estimate of drug-likeness (QED) is 0.826. The highest BCUT2D eigenvalue weighted by atomic mass is 16.5. The van der Waals surface area contributed by atoms with Crippen LogP contribution in [0.4, 0.5) is 5.69 Å². The Morgan fingerprint density at radius 3 is 2.74 bits per heavy atom. The molecule has 2 amide bonds. The van der Waals surface area contributed by atoms with E-state index in [2.05, 4.69) is 5.32 Å². The molecule has 1 N–H and O–H groups in total. The predicted octanol–water partition coefficient (Wildman–Crippen LogP) is 2.64. The highest BCUT2D eigenvalue weighted by molar-refractivity contribution is 6.06. The number of rotatable bonds is 5. The first-order chi connectivity index (χ1) is 13.1. The Hall–Kier alpha value is -3.28. The monoisotopic (exact) mass is 366 g/mol. The molecule has 27 heavy (non-hydrogen) atoms. The SMILES string of the molecule is CCOc1ccccc1/C=C/C(=O)N1C[C@@H](C(=O)NC)Oc2ccccc21. The summed E-state index contributed by atoms with van der Waals surface area (Å²) in [7, 11) is 1.54. The normalized spacial score (nSPS) is 15.8. The molecule has 0 bridgehead atoms. The van der Waals surface area contributed by atoms with Crippen LogP contribution in [0.15, 0.2) is 54.6 Å². The Kier molecular flexibility index (Phi) is 5.76. The maximum Gasteiger partial charge on any atom is 0.262 e. The van der Waals surface area contributed by atoms with Gasteiger partial charge in [0.05, 0.1) is 18.8 Å². The zero-order valence-corrected chi connectivity index (χ0v) is 15.3. The number of hydrogen-bond donors (Lipinski definition) is 1. The van der Waals surface area contributed by atoms with Gasteiger partial charge >= 0.3 is 0 Å². The summed E-state index contributed by atoms with van der Waals surface area (Å²) in [5.41, 5.74) is 1.46. The van der Waals surface area contributed by atoms with Gasteiger partial charge in [0, 0.05) is 18.7 Å². The first kappa shape index (κ1) is 18.5. The molecule has 6 nitrogen and oxygen atoms in total. The fraction of sp³-hybridized carbons (Fsp3) is 0.238. The number of carbonyl (C=O) groups is 2. The van der Waals surface area contributed by atoms with Gasteiger partial charge in [0.25, 0.3) is 11.8 Å². The molecule has 1 atom stereocenters. The van der Waals surface area contributed by atoms with Gasteiger partial charge in [-0.2, -0.15) is 0 Å². The maximum atomic E-state index is 12.9. The van der Waals surface area contributed by atoms with E-state index in [4.69, 9.17) is 9.47 Å². The first-order valence-electron chi connectivity index (χ1n) is 8.82. The number of likely N-dealkylation sites (N-methyl/N-ethyl adjacent to an activating group) is 1. The van der Waals surface area contributed by atoms with Crippen molar-refractivity contribution in [2.45, 2.75) is 13.0 Å². The van der Waals surface area contributed by atoms with Crippen LogP contribution in [0.2, 0.25) is 0 Å². The predicted molar refractivity (Wildman–Crippen MR) is 104 cm³/mol. The number of para-hydroxylation sites is 3. The zero-order chi connectivity index (χ0) is 19.2. The number of anilines is 1. The number of hydrogen-bond acceptors (Lipinski definition) is 4. The molecule has 0 fully saturated rings. The number of benzene rings is 2. The Bertz CT molecular complexity index is 863. The second-order valence-corrected chi connectivity index (χ2v) is 5.94. The molecule has 0 aromatic heterocycles. The van der Waals surface area contributed by atoms with Crippen molar-refractivity contribution in [2.24, 2.45) is 0 Å². The molecule has 0 saturated heterocycles. The summed E-state index contributed by atoms with van der Waals surface area (Å²) in [6, 6.07) is 14.7. The van der Waals surface area contributed by atoms with E-state index in [0.29, 0.717) is 18.0 Å². The summed E-state index contributed by atoms with van der Waals surface area (Å²) in [6.07, 6.45) is 2.46. The highest BCUT2D eigenvalue weighted by Crippen LogP contribution is 2.33. The van der Waals surface area contributed by atoms with Crippen molar-refractivity contribution in [1.29, 1.82) is 0 Å². The van der Waals surface area contributed by atoms with Crippen molar-refractivity contribution in [3.63, 3.8) is 0 Å². The lowest BCUT2D eigenvalue weighted by molar-refractivity contribution is -0.127. The van der Waals surface area contributed by atoms with Crippen LogP contribution in [0.5, 0.6) is 11.5 Å². The molecular weight excluding hydrogens is 344 g/mol. The van der Waals surface area contributed by atoms with Gasteiger partial charge in [-0.3, -0.25) is 9.59 Å². The molecule has 0 saturated carbocycles. The van der Waals surface area contributed by atoms with Crippen LogP contribution in [-0.4, -0.2) is 38.1 Å². The third-order valence-electron chi connectivity index (χ3n) is 4.20. The van der Waals surface area contributed by atoms with E-state index >= 15 is 0 Å². The number of nitrogens with zero attached hydrogens (tertiary/aromatic N) is 1. The Balaban J connectivity index is 1.86. The molecule has 3 rings (SSSR count). The summed E-state index contributed by atoms with van der Waals surface area (Å²) in [4.78, 5) is 26.5. The van der Waals surface area contributed by atoms with Gasteiger partial charge in [-0.25, -0.2) is 0 Å². The number of fused-ring (bicyclic) bond motifs is 1. The van der Waals surface area contributed by atoms with Crippen molar-refractivity contribution in [3.05, 3.63) is 60.2 Å². The third kappa shape index (κ3) is 4.11. The Labute approximate surface area is 158 Å². The first-order valence-corrected chi connectivity index (χ1v) is 8.82. The van der Waals surface area contributed by atoms with E-state index < -0.39 is 6.10 Å². The lowest BCUT2D eigenvalue weighted by atomic mass is 10.1. The fourth-order valence-corrected chi connectivity index (χ4v) is 2.90. The van der Waals surface area contributed by atoms with Crippen LogP contribution < -0.4 is 19.7 Å². The maximum absolute atomic E-state index is 12.9. The summed E-state index contributed by atoms with van der Waals surface area (Å²) in [5, 5.41) is 2.57. The molecule has 1 aliphatic heterocycles. The highest BCUT2D eigenvalue weighted by Gasteiger charge is 2.32. The molecule has 140 valence electrons. The lowest BCUT2D eigenvalue weighted by Gasteiger charge is -2.33. The molecule has 0 spiro atoms. The van der Waals surface area contributed by atoms with Gasteiger partial charge in [0.15, 0.2) is 6.10 Å². The van der Waals surface area contributed by atoms with E-state index in [1.165, 1.54) is 6.08 Å². The van der Waals surface area contributed by atoms with Crippen LogP contribution in [0.25, 0.3) is 6.08 Å². The van der Waals surface area contributed by atoms with Crippen LogP contribution in [0.1, 0.15) is 12.5 Å². The minimum Gasteiger partial charge on any atom is -0.493 e. The van der Waals surface area contributed by atoms with Gasteiger partial charge < -0.3 is 19.7 Å². The number of nitrogens with one attached hydrogen (secondary N) is 1. The van der Waals surface area contributed by atoms with Gasteiger partial charge in [0.2, 0.25) is 0 Å². The van der Waals surface area contributed by atoms with Crippen LogP contribution in [-0.2, 0) is 9.59 Å². The van der Waals surface area contributed by atoms with Crippen molar-refractivity contribution in [1.82, 2.24) is 5.32 Å². The summed E-state index contributed by atoms with van der Waals surface area (Å²) in [5.74, 6) is 0.724. The van der Waals surface area contributed by atoms with E-state index in [1.807, 2.05) is 43.3 Å². The smallest absolute Gasteiger partial charge is 0.262 e. The second kappa shape index (κ2) is 8.40. The summed E-state index contributed by atoms with van der Waals surface area (Å²) < 4.78 is 11.3. The zero-order valence-electron chi connectivity index (χ0n) is 15.3. The molecule has 2 aromatic carbocycles. The molecule has 0 radical (unpaired) electrons.